The molecule has 0 fully saturated rings. The number of rotatable bonds is 5. The Labute approximate surface area is 138 Å². The summed E-state index contributed by atoms with van der Waals surface area (Å²) in [4.78, 5) is 8.90. The minimum atomic E-state index is -0.0588. The number of anilines is 3. The Morgan fingerprint density at radius 1 is 1.04 bits per heavy atom. The van der Waals surface area contributed by atoms with Crippen molar-refractivity contribution in [1.82, 2.24) is 9.97 Å². The van der Waals surface area contributed by atoms with Gasteiger partial charge in [-0.2, -0.15) is 0 Å². The molecule has 0 aliphatic rings. The van der Waals surface area contributed by atoms with Gasteiger partial charge in [0.15, 0.2) is 0 Å². The van der Waals surface area contributed by atoms with E-state index in [9.17, 15) is 0 Å². The van der Waals surface area contributed by atoms with Crippen molar-refractivity contribution in [3.8, 4) is 5.75 Å². The van der Waals surface area contributed by atoms with Crippen LogP contribution in [0.15, 0.2) is 30.3 Å². The molecule has 0 aliphatic carbocycles. The molecule has 2 aromatic rings. The Morgan fingerprint density at radius 2 is 1.70 bits per heavy atom. The number of hydrogen-bond donors (Lipinski definition) is 2. The molecule has 0 spiro atoms. The van der Waals surface area contributed by atoms with Crippen LogP contribution in [0.1, 0.15) is 40.4 Å². The van der Waals surface area contributed by atoms with E-state index < -0.39 is 0 Å². The zero-order valence-corrected chi connectivity index (χ0v) is 14.8. The number of aromatic nitrogens is 2. The number of nitrogens with zero attached hydrogens (tertiary/aromatic N) is 2. The van der Waals surface area contributed by atoms with Gasteiger partial charge in [-0.25, -0.2) is 9.97 Å². The maximum Gasteiger partial charge on any atom is 0.143 e. The third kappa shape index (κ3) is 5.43. The average Bonchev–Trinajstić information content (AvgIpc) is 2.37. The fraction of sp³-hybridized carbons (Fsp3) is 0.444. The van der Waals surface area contributed by atoms with Gasteiger partial charge in [0.25, 0.3) is 0 Å². The molecule has 0 radical (unpaired) electrons. The Hall–Kier alpha value is -2.30. The summed E-state index contributed by atoms with van der Waals surface area (Å²) in [5, 5.41) is 6.70. The Bertz CT molecular complexity index is 662. The summed E-state index contributed by atoms with van der Waals surface area (Å²) >= 11 is 0. The van der Waals surface area contributed by atoms with E-state index in [1.807, 2.05) is 51.1 Å². The summed E-state index contributed by atoms with van der Waals surface area (Å²) in [6.45, 7) is 12.2. The number of benzene rings is 1. The first-order chi connectivity index (χ1) is 10.7. The van der Waals surface area contributed by atoms with Crippen molar-refractivity contribution >= 4 is 17.3 Å². The van der Waals surface area contributed by atoms with Crippen molar-refractivity contribution in [2.75, 3.05) is 10.6 Å². The second-order valence-corrected chi connectivity index (χ2v) is 6.85. The monoisotopic (exact) mass is 314 g/mol. The zero-order chi connectivity index (χ0) is 17.0. The largest absolute Gasteiger partial charge is 0.489 e. The maximum absolute atomic E-state index is 5.84. The lowest BCUT2D eigenvalue weighted by atomic mass is 10.1. The van der Waals surface area contributed by atoms with Gasteiger partial charge in [-0.1, -0.05) is 12.1 Å². The number of ether oxygens (including phenoxy) is 1. The maximum atomic E-state index is 5.84. The lowest BCUT2D eigenvalue weighted by Gasteiger charge is -2.22. The molecule has 124 valence electrons. The molecule has 5 heteroatoms. The SMILES string of the molecule is Cc1nc(Nc2ccccc2OC(C)C)cc(NC(C)(C)C)n1. The van der Waals surface area contributed by atoms with Gasteiger partial charge in [0.2, 0.25) is 0 Å². The third-order valence-electron chi connectivity index (χ3n) is 2.85. The molecule has 2 rings (SSSR count). The summed E-state index contributed by atoms with van der Waals surface area (Å²) in [5.41, 5.74) is 0.831. The second kappa shape index (κ2) is 6.86. The summed E-state index contributed by atoms with van der Waals surface area (Å²) in [6.07, 6.45) is 0.114. The highest BCUT2D eigenvalue weighted by atomic mass is 16.5. The molecular formula is C18H26N4O. The summed E-state index contributed by atoms with van der Waals surface area (Å²) in [7, 11) is 0. The number of nitrogens with one attached hydrogen (secondary N) is 2. The average molecular weight is 314 g/mol. The first-order valence-corrected chi connectivity index (χ1v) is 7.89. The van der Waals surface area contributed by atoms with Crippen LogP contribution < -0.4 is 15.4 Å². The minimum Gasteiger partial charge on any atom is -0.489 e. The molecule has 0 amide bonds. The molecule has 23 heavy (non-hydrogen) atoms. The quantitative estimate of drug-likeness (QED) is 0.849. The third-order valence-corrected chi connectivity index (χ3v) is 2.85. The van der Waals surface area contributed by atoms with Gasteiger partial charge in [0, 0.05) is 11.6 Å². The van der Waals surface area contributed by atoms with Gasteiger partial charge in [-0.3, -0.25) is 0 Å². The smallest absolute Gasteiger partial charge is 0.143 e. The zero-order valence-electron chi connectivity index (χ0n) is 14.8. The fourth-order valence-electron chi connectivity index (χ4n) is 2.14. The van der Waals surface area contributed by atoms with Crippen LogP contribution in [-0.4, -0.2) is 21.6 Å². The van der Waals surface area contributed by atoms with E-state index in [0.717, 1.165) is 23.1 Å². The molecule has 0 bridgehead atoms. The number of para-hydroxylation sites is 2. The van der Waals surface area contributed by atoms with E-state index in [0.29, 0.717) is 5.82 Å². The normalized spacial score (nSPS) is 11.4. The summed E-state index contributed by atoms with van der Waals surface area (Å²) in [5.74, 6) is 3.06. The first kappa shape index (κ1) is 17.1. The molecule has 5 nitrogen and oxygen atoms in total. The van der Waals surface area contributed by atoms with Crippen LogP contribution in [0.25, 0.3) is 0 Å². The fourth-order valence-corrected chi connectivity index (χ4v) is 2.14. The van der Waals surface area contributed by atoms with E-state index in [4.69, 9.17) is 4.74 Å². The van der Waals surface area contributed by atoms with Gasteiger partial charge in [0.1, 0.15) is 23.2 Å². The molecule has 0 unspecified atom stereocenters. The van der Waals surface area contributed by atoms with Crippen molar-refractivity contribution in [1.29, 1.82) is 0 Å². The van der Waals surface area contributed by atoms with Gasteiger partial charge < -0.3 is 15.4 Å². The molecule has 0 aliphatic heterocycles. The van der Waals surface area contributed by atoms with E-state index in [1.165, 1.54) is 0 Å². The minimum absolute atomic E-state index is 0.0588. The summed E-state index contributed by atoms with van der Waals surface area (Å²) < 4.78 is 5.84. The molecule has 0 saturated carbocycles. The van der Waals surface area contributed by atoms with Crippen molar-refractivity contribution in [2.24, 2.45) is 0 Å². The Balaban J connectivity index is 2.27. The highest BCUT2D eigenvalue weighted by molar-refractivity contribution is 5.65. The van der Waals surface area contributed by atoms with Crippen LogP contribution in [0, 0.1) is 6.92 Å². The highest BCUT2D eigenvalue weighted by Crippen LogP contribution is 2.28. The van der Waals surface area contributed by atoms with E-state index in [1.54, 1.807) is 0 Å². The predicted octanol–water partition coefficient (Wildman–Crippen LogP) is 4.53. The molecule has 0 atom stereocenters. The topological polar surface area (TPSA) is 59.1 Å². The molecule has 1 heterocycles. The molecule has 1 aromatic carbocycles. The lowest BCUT2D eigenvalue weighted by Crippen LogP contribution is -2.27. The Kier molecular flexibility index (Phi) is 5.08. The van der Waals surface area contributed by atoms with Gasteiger partial charge in [-0.05, 0) is 53.7 Å². The predicted molar refractivity (Wildman–Crippen MR) is 95.6 cm³/mol. The molecular weight excluding hydrogens is 288 g/mol. The van der Waals surface area contributed by atoms with Crippen molar-refractivity contribution in [3.05, 3.63) is 36.2 Å². The van der Waals surface area contributed by atoms with Crippen LogP contribution in [0.3, 0.4) is 0 Å². The van der Waals surface area contributed by atoms with Crippen molar-refractivity contribution in [3.63, 3.8) is 0 Å². The molecule has 2 N–H and O–H groups in total. The van der Waals surface area contributed by atoms with Crippen LogP contribution in [0.5, 0.6) is 5.75 Å². The Morgan fingerprint density at radius 3 is 2.35 bits per heavy atom. The van der Waals surface area contributed by atoms with Crippen molar-refractivity contribution in [2.45, 2.75) is 53.2 Å². The van der Waals surface area contributed by atoms with Crippen molar-refractivity contribution < 1.29 is 4.74 Å². The molecule has 0 saturated heterocycles. The van der Waals surface area contributed by atoms with Gasteiger partial charge >= 0.3 is 0 Å². The summed E-state index contributed by atoms with van der Waals surface area (Å²) in [6, 6.07) is 9.76. The second-order valence-electron chi connectivity index (χ2n) is 6.85. The highest BCUT2D eigenvalue weighted by Gasteiger charge is 2.12. The number of hydrogen-bond acceptors (Lipinski definition) is 5. The standard InChI is InChI=1S/C18H26N4O/c1-12(2)23-15-10-8-7-9-14(15)21-16-11-17(20-13(3)19-16)22-18(4,5)6/h7-12H,1-6H3,(H2,19,20,21,22). The van der Waals surface area contributed by atoms with E-state index in [2.05, 4.69) is 41.4 Å². The first-order valence-electron chi connectivity index (χ1n) is 7.89. The van der Waals surface area contributed by atoms with Crippen LogP contribution in [0.2, 0.25) is 0 Å². The number of aryl methyl sites for hydroxylation is 1. The van der Waals surface area contributed by atoms with Crippen LogP contribution >= 0.6 is 0 Å². The van der Waals surface area contributed by atoms with E-state index in [-0.39, 0.29) is 11.6 Å². The van der Waals surface area contributed by atoms with Crippen LogP contribution in [-0.2, 0) is 0 Å². The lowest BCUT2D eigenvalue weighted by molar-refractivity contribution is 0.244. The van der Waals surface area contributed by atoms with E-state index >= 15 is 0 Å². The van der Waals surface area contributed by atoms with Crippen LogP contribution in [0.4, 0.5) is 17.3 Å². The van der Waals surface area contributed by atoms with Gasteiger partial charge in [-0.15, -0.1) is 0 Å². The van der Waals surface area contributed by atoms with Gasteiger partial charge in [0.05, 0.1) is 11.8 Å². The molecule has 1 aromatic heterocycles.